The highest BCUT2D eigenvalue weighted by Gasteiger charge is 2.69. The highest BCUT2D eigenvalue weighted by Crippen LogP contribution is 2.72. The maximum absolute atomic E-state index is 12.0. The molecule has 184 valence electrons. The first-order chi connectivity index (χ1) is 15.6. The number of rotatable bonds is 5. The van der Waals surface area contributed by atoms with E-state index >= 15 is 0 Å². The van der Waals surface area contributed by atoms with Gasteiger partial charge in [0.25, 0.3) is 0 Å². The van der Waals surface area contributed by atoms with E-state index in [1.54, 1.807) is 6.20 Å². The van der Waals surface area contributed by atoms with Crippen molar-refractivity contribution in [2.75, 3.05) is 13.2 Å². The van der Waals surface area contributed by atoms with Crippen LogP contribution >= 0.6 is 0 Å². The van der Waals surface area contributed by atoms with Crippen LogP contribution in [0.4, 0.5) is 0 Å². The number of aliphatic hydroxyl groups excluding tert-OH is 2. The second kappa shape index (κ2) is 8.62. The van der Waals surface area contributed by atoms with Crippen LogP contribution in [0.2, 0.25) is 0 Å². The maximum atomic E-state index is 12.0. The molecule has 0 bridgehead atoms. The third-order valence-corrected chi connectivity index (χ3v) is 10.6. The van der Waals surface area contributed by atoms with Crippen LogP contribution in [0.25, 0.3) is 0 Å². The molecule has 4 rings (SSSR count). The number of carbonyl (C=O) groups excluding carboxylic acids is 1. The minimum atomic E-state index is -1.02. The maximum Gasteiger partial charge on any atom is 0.302 e. The molecule has 3 saturated carbocycles. The summed E-state index contributed by atoms with van der Waals surface area (Å²) in [5.74, 6) is -0.0201. The van der Waals surface area contributed by atoms with Gasteiger partial charge in [0.05, 0.1) is 5.69 Å². The van der Waals surface area contributed by atoms with Gasteiger partial charge in [-0.15, -0.1) is 0 Å². The first kappa shape index (κ1) is 24.6. The standard InChI is InChI=1S/C27H41NO5/c1-18(31)33-20-8-10-24(2,19(15-20)16-29)21-9-11-26(4)25(3,22(21)17-30)12-13-27(26,32)23-7-5-6-14-28-23/h5-7,14,19-22,29-30,32H,8-13,15-17H2,1-4H3/t19-,20+,21+,22-,24+,25?,26+,27-/m1/s1. The molecule has 0 aromatic carbocycles. The van der Waals surface area contributed by atoms with E-state index in [1.807, 2.05) is 18.2 Å². The number of carbonyl (C=O) groups is 1. The molecule has 0 aliphatic heterocycles. The number of hydrogen-bond acceptors (Lipinski definition) is 6. The molecule has 3 N–H and O–H groups in total. The summed E-state index contributed by atoms with van der Waals surface area (Å²) in [5.41, 5.74) is -1.11. The Labute approximate surface area is 197 Å². The van der Waals surface area contributed by atoms with Crippen molar-refractivity contribution in [1.82, 2.24) is 4.98 Å². The molecule has 8 atom stereocenters. The van der Waals surface area contributed by atoms with E-state index in [9.17, 15) is 20.1 Å². The van der Waals surface area contributed by atoms with Crippen molar-refractivity contribution in [1.29, 1.82) is 0 Å². The predicted octanol–water partition coefficient (Wildman–Crippen LogP) is 3.82. The van der Waals surface area contributed by atoms with Gasteiger partial charge in [-0.2, -0.15) is 0 Å². The molecule has 1 unspecified atom stereocenters. The fraction of sp³-hybridized carbons (Fsp3) is 0.778. The lowest BCUT2D eigenvalue weighted by molar-refractivity contribution is -0.193. The largest absolute Gasteiger partial charge is 0.463 e. The normalized spacial score (nSPS) is 45.4. The summed E-state index contributed by atoms with van der Waals surface area (Å²) >= 11 is 0. The van der Waals surface area contributed by atoms with Gasteiger partial charge in [0.15, 0.2) is 0 Å². The average molecular weight is 460 g/mol. The van der Waals surface area contributed by atoms with Crippen molar-refractivity contribution in [3.8, 4) is 0 Å². The Morgan fingerprint density at radius 1 is 1.09 bits per heavy atom. The molecule has 3 aliphatic rings. The second-order valence-corrected chi connectivity index (χ2v) is 11.7. The van der Waals surface area contributed by atoms with Gasteiger partial charge in [-0.3, -0.25) is 9.78 Å². The molecule has 0 saturated heterocycles. The van der Waals surface area contributed by atoms with Crippen LogP contribution in [0.1, 0.15) is 78.3 Å². The molecule has 1 heterocycles. The molecular formula is C27H41NO5. The molecule has 3 aliphatic carbocycles. The summed E-state index contributed by atoms with van der Waals surface area (Å²) in [4.78, 5) is 16.0. The number of aliphatic hydroxyl groups is 3. The van der Waals surface area contributed by atoms with Gasteiger partial charge < -0.3 is 20.1 Å². The van der Waals surface area contributed by atoms with Crippen LogP contribution in [-0.2, 0) is 15.1 Å². The monoisotopic (exact) mass is 459 g/mol. The molecule has 6 nitrogen and oxygen atoms in total. The predicted molar refractivity (Wildman–Crippen MR) is 125 cm³/mol. The number of nitrogens with zero attached hydrogens (tertiary/aromatic N) is 1. The number of hydrogen-bond donors (Lipinski definition) is 3. The molecule has 33 heavy (non-hydrogen) atoms. The average Bonchev–Trinajstić information content (AvgIpc) is 3.02. The zero-order valence-corrected chi connectivity index (χ0v) is 20.6. The van der Waals surface area contributed by atoms with E-state index in [2.05, 4.69) is 25.8 Å². The van der Waals surface area contributed by atoms with Crippen LogP contribution in [0, 0.1) is 34.0 Å². The molecule has 1 aromatic rings. The van der Waals surface area contributed by atoms with Gasteiger partial charge in [0, 0.05) is 31.7 Å². The Balaban J connectivity index is 1.66. The van der Waals surface area contributed by atoms with Crippen molar-refractivity contribution >= 4 is 5.97 Å². The van der Waals surface area contributed by atoms with Crippen molar-refractivity contribution in [2.24, 2.45) is 34.0 Å². The third kappa shape index (κ3) is 3.55. The highest BCUT2D eigenvalue weighted by molar-refractivity contribution is 5.66. The Bertz CT molecular complexity index is 863. The minimum Gasteiger partial charge on any atom is -0.463 e. The molecule has 0 spiro atoms. The summed E-state index contributed by atoms with van der Waals surface area (Å²) < 4.78 is 5.50. The lowest BCUT2D eigenvalue weighted by Crippen LogP contribution is -2.59. The molecule has 0 radical (unpaired) electrons. The zero-order valence-electron chi connectivity index (χ0n) is 20.6. The highest BCUT2D eigenvalue weighted by atomic mass is 16.5. The van der Waals surface area contributed by atoms with Crippen LogP contribution in [0.15, 0.2) is 24.4 Å². The van der Waals surface area contributed by atoms with Gasteiger partial charge in [0.2, 0.25) is 0 Å². The van der Waals surface area contributed by atoms with Crippen LogP contribution < -0.4 is 0 Å². The molecule has 1 aromatic heterocycles. The van der Waals surface area contributed by atoms with Crippen LogP contribution in [0.5, 0.6) is 0 Å². The van der Waals surface area contributed by atoms with Gasteiger partial charge in [-0.1, -0.05) is 26.8 Å². The Kier molecular flexibility index (Phi) is 6.43. The molecule has 6 heteroatoms. The second-order valence-electron chi connectivity index (χ2n) is 11.7. The van der Waals surface area contributed by atoms with Crippen molar-refractivity contribution < 1.29 is 24.9 Å². The fourth-order valence-electron chi connectivity index (χ4n) is 8.27. The summed E-state index contributed by atoms with van der Waals surface area (Å²) in [5, 5.41) is 33.2. The summed E-state index contributed by atoms with van der Waals surface area (Å²) in [7, 11) is 0. The number of fused-ring (bicyclic) bond motifs is 1. The van der Waals surface area contributed by atoms with Crippen molar-refractivity contribution in [3.63, 3.8) is 0 Å². The van der Waals surface area contributed by atoms with Gasteiger partial charge in [0.1, 0.15) is 11.7 Å². The molecule has 3 fully saturated rings. The number of esters is 1. The number of aromatic nitrogens is 1. The fourth-order valence-corrected chi connectivity index (χ4v) is 8.27. The quantitative estimate of drug-likeness (QED) is 0.579. The molecule has 0 amide bonds. The molecular weight excluding hydrogens is 418 g/mol. The number of ether oxygens (including phenoxy) is 1. The van der Waals surface area contributed by atoms with Gasteiger partial charge in [-0.05, 0) is 85.7 Å². The van der Waals surface area contributed by atoms with Crippen LogP contribution in [-0.4, -0.2) is 45.6 Å². The van der Waals surface area contributed by atoms with E-state index < -0.39 is 11.0 Å². The van der Waals surface area contributed by atoms with Gasteiger partial charge >= 0.3 is 5.97 Å². The van der Waals surface area contributed by atoms with E-state index in [-0.39, 0.29) is 53.9 Å². The summed E-state index contributed by atoms with van der Waals surface area (Å²) in [6, 6.07) is 5.73. The SMILES string of the molecule is CC(=O)O[C@H]1CC[C@](C)([C@H]2CC[C@@]3(C)C(C)(CC[C@@]3(O)c3ccccn3)[C@@H]2CO)[C@@H](CO)C1. The smallest absolute Gasteiger partial charge is 0.302 e. The van der Waals surface area contributed by atoms with Crippen molar-refractivity contribution in [2.45, 2.75) is 84.3 Å². The first-order valence-electron chi connectivity index (χ1n) is 12.6. The van der Waals surface area contributed by atoms with E-state index in [4.69, 9.17) is 4.74 Å². The topological polar surface area (TPSA) is 99.9 Å². The lowest BCUT2D eigenvalue weighted by atomic mass is 9.43. The Hall–Kier alpha value is -1.50. The number of pyridine rings is 1. The van der Waals surface area contributed by atoms with Gasteiger partial charge in [-0.25, -0.2) is 0 Å². The van der Waals surface area contributed by atoms with Crippen molar-refractivity contribution in [3.05, 3.63) is 30.1 Å². The van der Waals surface area contributed by atoms with E-state index in [1.165, 1.54) is 6.92 Å². The summed E-state index contributed by atoms with van der Waals surface area (Å²) in [6.07, 6.45) is 7.09. The lowest BCUT2D eigenvalue weighted by Gasteiger charge is -2.62. The Morgan fingerprint density at radius 2 is 1.85 bits per heavy atom. The third-order valence-electron chi connectivity index (χ3n) is 10.6. The Morgan fingerprint density at radius 3 is 2.45 bits per heavy atom. The summed E-state index contributed by atoms with van der Waals surface area (Å²) in [6.45, 7) is 8.26. The minimum absolute atomic E-state index is 0.0123. The van der Waals surface area contributed by atoms with E-state index in [0.717, 1.165) is 37.8 Å². The van der Waals surface area contributed by atoms with Crippen LogP contribution in [0.3, 0.4) is 0 Å². The zero-order chi connectivity index (χ0) is 24.1. The first-order valence-corrected chi connectivity index (χ1v) is 12.6. The van der Waals surface area contributed by atoms with E-state index in [0.29, 0.717) is 12.8 Å².